The third-order valence-electron chi connectivity index (χ3n) is 3.17. The lowest BCUT2D eigenvalue weighted by Crippen LogP contribution is -2.32. The zero-order chi connectivity index (χ0) is 15.4. The molecule has 2 N–H and O–H groups in total. The van der Waals surface area contributed by atoms with Crippen molar-refractivity contribution in [2.24, 2.45) is 0 Å². The first-order valence-corrected chi connectivity index (χ1v) is 7.31. The third-order valence-corrected chi connectivity index (χ3v) is 4.22. The average Bonchev–Trinajstić information content (AvgIpc) is 2.97. The average molecular weight is 311 g/mol. The molecule has 6 heteroatoms. The van der Waals surface area contributed by atoms with Crippen LogP contribution in [0.1, 0.15) is 29.4 Å². The molecule has 0 aliphatic rings. The molecular weight excluding hydrogens is 296 g/mol. The number of amides is 1. The fourth-order valence-electron chi connectivity index (χ4n) is 1.95. The first kappa shape index (κ1) is 15.6. The van der Waals surface area contributed by atoms with Crippen LogP contribution in [0.5, 0.6) is 0 Å². The minimum atomic E-state index is -1.43. The molecule has 1 amide bonds. The number of aliphatic hydroxyl groups excluding tert-OH is 1. The first-order chi connectivity index (χ1) is 10.0. The van der Waals surface area contributed by atoms with Crippen LogP contribution in [0.3, 0.4) is 0 Å². The Morgan fingerprint density at radius 2 is 1.95 bits per heavy atom. The van der Waals surface area contributed by atoms with E-state index in [0.717, 1.165) is 17.0 Å². The van der Waals surface area contributed by atoms with Crippen molar-refractivity contribution in [3.8, 4) is 0 Å². The molecule has 0 fully saturated rings. The van der Waals surface area contributed by atoms with Crippen molar-refractivity contribution in [3.05, 3.63) is 57.8 Å². The third kappa shape index (κ3) is 3.65. The van der Waals surface area contributed by atoms with Crippen LogP contribution in [-0.2, 0) is 4.79 Å². The number of carbonyl (C=O) groups excluding carboxylic acids is 1. The van der Waals surface area contributed by atoms with E-state index in [1.54, 1.807) is 6.92 Å². The monoisotopic (exact) mass is 311 g/mol. The molecule has 2 atom stereocenters. The fraction of sp³-hybridized carbons (Fsp3) is 0.267. The fourth-order valence-corrected chi connectivity index (χ4v) is 2.73. The predicted molar refractivity (Wildman–Crippen MR) is 77.1 cm³/mol. The van der Waals surface area contributed by atoms with E-state index in [1.807, 2.05) is 17.5 Å². The van der Waals surface area contributed by atoms with Crippen LogP contribution in [0, 0.1) is 11.6 Å². The van der Waals surface area contributed by atoms with Crippen molar-refractivity contribution in [2.45, 2.75) is 18.9 Å². The zero-order valence-corrected chi connectivity index (χ0v) is 12.2. The van der Waals surface area contributed by atoms with Gasteiger partial charge in [-0.15, -0.1) is 11.3 Å². The zero-order valence-electron chi connectivity index (χ0n) is 11.3. The molecule has 1 aromatic carbocycles. The highest BCUT2D eigenvalue weighted by atomic mass is 32.1. The second-order valence-corrected chi connectivity index (χ2v) is 5.61. The Kier molecular flexibility index (Phi) is 5.03. The van der Waals surface area contributed by atoms with E-state index in [4.69, 9.17) is 0 Å². The van der Waals surface area contributed by atoms with Gasteiger partial charge in [-0.2, -0.15) is 0 Å². The van der Waals surface area contributed by atoms with Crippen LogP contribution in [0.25, 0.3) is 0 Å². The van der Waals surface area contributed by atoms with Crippen LogP contribution in [0.15, 0.2) is 35.7 Å². The second-order valence-electron chi connectivity index (χ2n) is 4.63. The van der Waals surface area contributed by atoms with Crippen molar-refractivity contribution in [1.82, 2.24) is 5.32 Å². The van der Waals surface area contributed by atoms with Gasteiger partial charge < -0.3 is 10.4 Å². The van der Waals surface area contributed by atoms with E-state index in [1.165, 1.54) is 17.4 Å². The van der Waals surface area contributed by atoms with Gasteiger partial charge in [0.1, 0.15) is 17.7 Å². The molecule has 0 aliphatic carbocycles. The lowest BCUT2D eigenvalue weighted by atomic mass is 10.1. The summed E-state index contributed by atoms with van der Waals surface area (Å²) >= 11 is 1.45. The number of rotatable bonds is 5. The number of nitrogens with one attached hydrogen (secondary N) is 1. The molecule has 112 valence electrons. The van der Waals surface area contributed by atoms with E-state index in [2.05, 4.69) is 5.32 Å². The summed E-state index contributed by atoms with van der Waals surface area (Å²) in [6, 6.07) is 7.03. The Morgan fingerprint density at radius 3 is 2.52 bits per heavy atom. The van der Waals surface area contributed by atoms with Gasteiger partial charge in [-0.1, -0.05) is 12.1 Å². The maximum atomic E-state index is 13.5. The molecule has 0 spiro atoms. The standard InChI is InChI=1S/C15H15F2NO2S/c1-9(13-6-3-7-21-13)15(20)18-8-12(19)14-10(16)4-2-5-11(14)17/h2-7,9,12,19H,8H2,1H3,(H,18,20)/t9-,12+/m1/s1. The maximum Gasteiger partial charge on any atom is 0.228 e. The highest BCUT2D eigenvalue weighted by Gasteiger charge is 2.21. The molecule has 0 radical (unpaired) electrons. The van der Waals surface area contributed by atoms with Crippen molar-refractivity contribution < 1.29 is 18.7 Å². The van der Waals surface area contributed by atoms with Crippen LogP contribution in [-0.4, -0.2) is 17.6 Å². The van der Waals surface area contributed by atoms with Crippen LogP contribution in [0.4, 0.5) is 8.78 Å². The smallest absolute Gasteiger partial charge is 0.228 e. The van der Waals surface area contributed by atoms with Crippen molar-refractivity contribution >= 4 is 17.2 Å². The number of carbonyl (C=O) groups is 1. The van der Waals surface area contributed by atoms with Crippen LogP contribution >= 0.6 is 11.3 Å². The van der Waals surface area contributed by atoms with Crippen LogP contribution in [0.2, 0.25) is 0 Å². The molecule has 1 heterocycles. The normalized spacial score (nSPS) is 13.7. The van der Waals surface area contributed by atoms with E-state index in [-0.39, 0.29) is 18.4 Å². The minimum Gasteiger partial charge on any atom is -0.386 e. The Bertz CT molecular complexity index is 596. The van der Waals surface area contributed by atoms with Gasteiger partial charge in [-0.3, -0.25) is 4.79 Å². The maximum absolute atomic E-state index is 13.5. The molecule has 0 saturated carbocycles. The van der Waals surface area contributed by atoms with Gasteiger partial charge in [0.2, 0.25) is 5.91 Å². The summed E-state index contributed by atoms with van der Waals surface area (Å²) in [5.74, 6) is -2.33. The summed E-state index contributed by atoms with van der Waals surface area (Å²) < 4.78 is 27.0. The molecule has 3 nitrogen and oxygen atoms in total. The molecule has 21 heavy (non-hydrogen) atoms. The molecular formula is C15H15F2NO2S. The van der Waals surface area contributed by atoms with Crippen molar-refractivity contribution in [1.29, 1.82) is 0 Å². The van der Waals surface area contributed by atoms with Gasteiger partial charge in [-0.05, 0) is 30.5 Å². The second kappa shape index (κ2) is 6.78. The number of benzene rings is 1. The van der Waals surface area contributed by atoms with E-state index >= 15 is 0 Å². The number of hydrogen-bond acceptors (Lipinski definition) is 3. The lowest BCUT2D eigenvalue weighted by Gasteiger charge is -2.16. The highest BCUT2D eigenvalue weighted by molar-refractivity contribution is 7.10. The topological polar surface area (TPSA) is 49.3 Å². The molecule has 0 unspecified atom stereocenters. The number of thiophene rings is 1. The van der Waals surface area contributed by atoms with E-state index < -0.39 is 23.3 Å². The summed E-state index contributed by atoms with van der Waals surface area (Å²) in [7, 11) is 0. The number of aliphatic hydroxyl groups is 1. The number of halogens is 2. The quantitative estimate of drug-likeness (QED) is 0.892. The van der Waals surface area contributed by atoms with Gasteiger partial charge in [0.05, 0.1) is 11.5 Å². The van der Waals surface area contributed by atoms with Gasteiger partial charge in [0, 0.05) is 11.4 Å². The minimum absolute atomic E-state index is 0.244. The molecule has 0 saturated heterocycles. The van der Waals surface area contributed by atoms with E-state index in [9.17, 15) is 18.7 Å². The van der Waals surface area contributed by atoms with Crippen molar-refractivity contribution in [3.63, 3.8) is 0 Å². The van der Waals surface area contributed by atoms with E-state index in [0.29, 0.717) is 0 Å². The SMILES string of the molecule is C[C@@H](C(=O)NC[C@H](O)c1c(F)cccc1F)c1cccs1. The largest absolute Gasteiger partial charge is 0.386 e. The molecule has 2 aromatic rings. The van der Waals surface area contributed by atoms with Crippen molar-refractivity contribution in [2.75, 3.05) is 6.54 Å². The molecule has 2 rings (SSSR count). The summed E-state index contributed by atoms with van der Waals surface area (Å²) in [4.78, 5) is 12.8. The summed E-state index contributed by atoms with van der Waals surface area (Å²) in [5.41, 5.74) is -0.429. The lowest BCUT2D eigenvalue weighted by molar-refractivity contribution is -0.122. The summed E-state index contributed by atoms with van der Waals surface area (Å²) in [5, 5.41) is 14.2. The predicted octanol–water partition coefficient (Wildman–Crippen LogP) is 2.98. The Labute approximate surface area is 125 Å². The Hall–Kier alpha value is -1.79. The van der Waals surface area contributed by atoms with Crippen LogP contribution < -0.4 is 5.32 Å². The van der Waals surface area contributed by atoms with Gasteiger partial charge in [0.15, 0.2) is 0 Å². The summed E-state index contributed by atoms with van der Waals surface area (Å²) in [6.07, 6.45) is -1.43. The number of hydrogen-bond donors (Lipinski definition) is 2. The molecule has 1 aromatic heterocycles. The first-order valence-electron chi connectivity index (χ1n) is 6.43. The summed E-state index contributed by atoms with van der Waals surface area (Å²) in [6.45, 7) is 1.49. The Morgan fingerprint density at radius 1 is 1.29 bits per heavy atom. The highest BCUT2D eigenvalue weighted by Crippen LogP contribution is 2.22. The van der Waals surface area contributed by atoms with Gasteiger partial charge >= 0.3 is 0 Å². The Balaban J connectivity index is 1.98. The van der Waals surface area contributed by atoms with Gasteiger partial charge in [0.25, 0.3) is 0 Å². The molecule has 0 aliphatic heterocycles. The van der Waals surface area contributed by atoms with Gasteiger partial charge in [-0.25, -0.2) is 8.78 Å². The molecule has 0 bridgehead atoms.